The molecule has 5 aromatic rings. The molecule has 10 nitrogen and oxygen atoms in total. The number of fused-ring (bicyclic) bond motifs is 2. The van der Waals surface area contributed by atoms with Crippen molar-refractivity contribution >= 4 is 65.7 Å². The number of hydrogen-bond donors (Lipinski definition) is 2. The Morgan fingerprint density at radius 2 is 1.86 bits per heavy atom. The van der Waals surface area contributed by atoms with E-state index in [0.717, 1.165) is 21.6 Å². The first-order chi connectivity index (χ1) is 17.9. The van der Waals surface area contributed by atoms with Crippen LogP contribution in [0, 0.1) is 6.92 Å². The minimum atomic E-state index is -0.411. The van der Waals surface area contributed by atoms with Crippen LogP contribution < -0.4 is 25.7 Å². The summed E-state index contributed by atoms with van der Waals surface area (Å²) in [7, 11) is 3.10. The second-order valence-corrected chi connectivity index (χ2v) is 10.00. The second kappa shape index (κ2) is 9.99. The zero-order valence-corrected chi connectivity index (χ0v) is 21.7. The molecular formula is C25H21N5O5S2. The number of amides is 2. The molecule has 0 saturated carbocycles. The largest absolute Gasteiger partial charge is 0.497 e. The highest BCUT2D eigenvalue weighted by molar-refractivity contribution is 7.23. The third-order valence-corrected chi connectivity index (χ3v) is 7.77. The third-order valence-electron chi connectivity index (χ3n) is 5.63. The van der Waals surface area contributed by atoms with Crippen molar-refractivity contribution in [3.05, 3.63) is 69.6 Å². The highest BCUT2D eigenvalue weighted by Gasteiger charge is 2.21. The molecule has 0 aliphatic carbocycles. The summed E-state index contributed by atoms with van der Waals surface area (Å²) in [5.74, 6) is 0.416. The van der Waals surface area contributed by atoms with E-state index in [1.165, 1.54) is 29.3 Å². The molecule has 2 amide bonds. The van der Waals surface area contributed by atoms with Crippen LogP contribution in [0.2, 0.25) is 0 Å². The maximum Gasteiger partial charge on any atom is 0.267 e. The number of aryl methyl sites for hydroxylation is 1. The maximum absolute atomic E-state index is 13.2. The Kier molecular flexibility index (Phi) is 6.59. The van der Waals surface area contributed by atoms with Gasteiger partial charge in [0, 0.05) is 0 Å². The van der Waals surface area contributed by atoms with E-state index in [-0.39, 0.29) is 12.5 Å². The number of hydrogen-bond acceptors (Lipinski definition) is 9. The number of thiophene rings is 1. The quantitative estimate of drug-likeness (QED) is 0.319. The second-order valence-electron chi connectivity index (χ2n) is 7.97. The lowest BCUT2D eigenvalue weighted by Gasteiger charge is -2.10. The number of rotatable bonds is 7. The molecule has 0 bridgehead atoms. The van der Waals surface area contributed by atoms with Gasteiger partial charge in [0.25, 0.3) is 11.5 Å². The van der Waals surface area contributed by atoms with Gasteiger partial charge in [-0.15, -0.1) is 11.3 Å². The van der Waals surface area contributed by atoms with Crippen LogP contribution in [0.4, 0.5) is 10.8 Å². The van der Waals surface area contributed by atoms with Gasteiger partial charge in [-0.3, -0.25) is 24.3 Å². The standard InChI is InChI=1S/C25H21N5O5S2/c1-13-20-23(26-12-30(24(20)33)11-19(31)27-15-6-4-5-7-17(15)35-3)37-21(13)22(32)29-25-28-16-9-8-14(34-2)10-18(16)36-25/h4-10,12H,11H2,1-3H3,(H,27,31)(H,28,29,32). The first kappa shape index (κ1) is 24.4. The van der Waals surface area contributed by atoms with E-state index in [1.807, 2.05) is 12.1 Å². The van der Waals surface area contributed by atoms with Gasteiger partial charge in [-0.1, -0.05) is 23.5 Å². The van der Waals surface area contributed by atoms with E-state index in [2.05, 4.69) is 20.6 Å². The van der Waals surface area contributed by atoms with Crippen LogP contribution in [-0.2, 0) is 11.3 Å². The number of aromatic nitrogens is 3. The summed E-state index contributed by atoms with van der Waals surface area (Å²) in [6.07, 6.45) is 1.31. The Morgan fingerprint density at radius 3 is 2.65 bits per heavy atom. The van der Waals surface area contributed by atoms with Crippen LogP contribution in [0.5, 0.6) is 11.5 Å². The predicted molar refractivity (Wildman–Crippen MR) is 144 cm³/mol. The average Bonchev–Trinajstić information content (AvgIpc) is 3.45. The van der Waals surface area contributed by atoms with Crippen LogP contribution in [-0.4, -0.2) is 40.6 Å². The smallest absolute Gasteiger partial charge is 0.267 e. The number of methoxy groups -OCH3 is 2. The van der Waals surface area contributed by atoms with Crippen molar-refractivity contribution in [3.63, 3.8) is 0 Å². The van der Waals surface area contributed by atoms with Crippen molar-refractivity contribution in [2.45, 2.75) is 13.5 Å². The van der Waals surface area contributed by atoms with Crippen LogP contribution in [0.3, 0.4) is 0 Å². The topological polar surface area (TPSA) is 124 Å². The van der Waals surface area contributed by atoms with Gasteiger partial charge in [0.15, 0.2) is 5.13 Å². The third kappa shape index (κ3) is 4.76. The van der Waals surface area contributed by atoms with E-state index in [1.54, 1.807) is 44.4 Å². The normalized spacial score (nSPS) is 11.0. The molecule has 0 aliphatic heterocycles. The summed E-state index contributed by atoms with van der Waals surface area (Å²) in [6, 6.07) is 12.5. The molecular weight excluding hydrogens is 514 g/mol. The fourth-order valence-electron chi connectivity index (χ4n) is 3.82. The minimum absolute atomic E-state index is 0.244. The molecule has 2 aromatic carbocycles. The molecule has 0 unspecified atom stereocenters. The molecule has 0 saturated heterocycles. The number of thiazole rings is 1. The lowest BCUT2D eigenvalue weighted by molar-refractivity contribution is -0.116. The van der Waals surface area contributed by atoms with Crippen LogP contribution in [0.25, 0.3) is 20.4 Å². The van der Waals surface area contributed by atoms with Crippen molar-refractivity contribution in [1.82, 2.24) is 14.5 Å². The van der Waals surface area contributed by atoms with E-state index in [0.29, 0.717) is 43.0 Å². The van der Waals surface area contributed by atoms with Gasteiger partial charge >= 0.3 is 0 Å². The van der Waals surface area contributed by atoms with Gasteiger partial charge in [-0.25, -0.2) is 9.97 Å². The number of para-hydroxylation sites is 2. The van der Waals surface area contributed by atoms with Crippen molar-refractivity contribution in [1.29, 1.82) is 0 Å². The Balaban J connectivity index is 1.38. The molecule has 0 fully saturated rings. The average molecular weight is 536 g/mol. The number of anilines is 2. The molecule has 3 aromatic heterocycles. The summed E-state index contributed by atoms with van der Waals surface area (Å²) in [5, 5.41) is 6.30. The monoisotopic (exact) mass is 535 g/mol. The van der Waals surface area contributed by atoms with Gasteiger partial charge in [0.1, 0.15) is 22.9 Å². The molecule has 188 valence electrons. The number of carbonyl (C=O) groups excluding carboxylic acids is 2. The Hall–Kier alpha value is -4.29. The number of ether oxygens (including phenoxy) is 2. The fraction of sp³-hybridized carbons (Fsp3) is 0.160. The first-order valence-electron chi connectivity index (χ1n) is 11.0. The summed E-state index contributed by atoms with van der Waals surface area (Å²) in [6.45, 7) is 1.45. The lowest BCUT2D eigenvalue weighted by atomic mass is 10.2. The predicted octanol–water partition coefficient (Wildman–Crippen LogP) is 4.28. The Morgan fingerprint density at radius 1 is 1.05 bits per heavy atom. The summed E-state index contributed by atoms with van der Waals surface area (Å²) < 4.78 is 12.6. The van der Waals surface area contributed by atoms with Crippen LogP contribution >= 0.6 is 22.7 Å². The molecule has 5 rings (SSSR count). The van der Waals surface area contributed by atoms with Crippen LogP contribution in [0.15, 0.2) is 53.6 Å². The Bertz CT molecular complexity index is 1720. The van der Waals surface area contributed by atoms with E-state index in [9.17, 15) is 14.4 Å². The van der Waals surface area contributed by atoms with Gasteiger partial charge in [0.05, 0.1) is 46.7 Å². The number of benzene rings is 2. The molecule has 0 aliphatic rings. The van der Waals surface area contributed by atoms with Crippen molar-refractivity contribution < 1.29 is 19.1 Å². The molecule has 37 heavy (non-hydrogen) atoms. The number of nitrogens with zero attached hydrogens (tertiary/aromatic N) is 3. The Labute approximate surface area is 218 Å². The van der Waals surface area contributed by atoms with E-state index < -0.39 is 11.5 Å². The zero-order valence-electron chi connectivity index (χ0n) is 20.0. The summed E-state index contributed by atoms with van der Waals surface area (Å²) in [5.41, 5.74) is 1.33. The SMILES string of the molecule is COc1ccc2nc(NC(=O)c3sc4ncn(CC(=O)Nc5ccccc5OC)c(=O)c4c3C)sc2c1. The van der Waals surface area contributed by atoms with Gasteiger partial charge in [-0.2, -0.15) is 0 Å². The minimum Gasteiger partial charge on any atom is -0.497 e. The van der Waals surface area contributed by atoms with E-state index in [4.69, 9.17) is 9.47 Å². The van der Waals surface area contributed by atoms with Crippen molar-refractivity contribution in [2.24, 2.45) is 0 Å². The fourth-order valence-corrected chi connectivity index (χ4v) is 5.74. The van der Waals surface area contributed by atoms with Crippen LogP contribution in [0.1, 0.15) is 15.2 Å². The summed E-state index contributed by atoms with van der Waals surface area (Å²) >= 11 is 2.44. The maximum atomic E-state index is 13.2. The summed E-state index contributed by atoms with van der Waals surface area (Å²) in [4.78, 5) is 48.5. The van der Waals surface area contributed by atoms with Gasteiger partial charge < -0.3 is 14.8 Å². The molecule has 0 atom stereocenters. The molecule has 2 N–H and O–H groups in total. The zero-order chi connectivity index (χ0) is 26.1. The lowest BCUT2D eigenvalue weighted by Crippen LogP contribution is -2.28. The van der Waals surface area contributed by atoms with Crippen molar-refractivity contribution in [2.75, 3.05) is 24.9 Å². The molecule has 12 heteroatoms. The highest BCUT2D eigenvalue weighted by atomic mass is 32.1. The van der Waals surface area contributed by atoms with Gasteiger partial charge in [0.2, 0.25) is 5.91 Å². The van der Waals surface area contributed by atoms with Gasteiger partial charge in [-0.05, 0) is 42.8 Å². The molecule has 0 radical (unpaired) electrons. The number of carbonyl (C=O) groups is 2. The molecule has 3 heterocycles. The first-order valence-corrected chi connectivity index (χ1v) is 12.7. The number of nitrogens with one attached hydrogen (secondary N) is 2. The van der Waals surface area contributed by atoms with E-state index >= 15 is 0 Å². The molecule has 0 spiro atoms. The van der Waals surface area contributed by atoms with Crippen molar-refractivity contribution in [3.8, 4) is 11.5 Å². The highest BCUT2D eigenvalue weighted by Crippen LogP contribution is 2.31.